The molecule has 1 fully saturated rings. The Bertz CT molecular complexity index is 331. The van der Waals surface area contributed by atoms with Crippen LogP contribution < -0.4 is 16.8 Å². The molecule has 0 aromatic carbocycles. The highest BCUT2D eigenvalue weighted by molar-refractivity contribution is 7.99. The van der Waals surface area contributed by atoms with Crippen molar-refractivity contribution in [3.05, 3.63) is 6.07 Å². The molecule has 6 heteroatoms. The maximum Gasteiger partial charge on any atom is 0.223 e. The van der Waals surface area contributed by atoms with Gasteiger partial charge < -0.3 is 16.8 Å². The summed E-state index contributed by atoms with van der Waals surface area (Å²) in [5.74, 6) is 4.62. The van der Waals surface area contributed by atoms with E-state index in [0.717, 1.165) is 18.3 Å². The topological polar surface area (TPSA) is 89.8 Å². The van der Waals surface area contributed by atoms with Crippen LogP contribution in [-0.2, 0) is 0 Å². The molecule has 0 radical (unpaired) electrons. The molecule has 1 aliphatic rings. The lowest BCUT2D eigenvalue weighted by molar-refractivity contribution is 0.515. The Morgan fingerprint density at radius 1 is 1.31 bits per heavy atom. The zero-order valence-electron chi connectivity index (χ0n) is 9.15. The summed E-state index contributed by atoms with van der Waals surface area (Å²) in [6.07, 6.45) is 2.54. The first-order valence-electron chi connectivity index (χ1n) is 5.45. The van der Waals surface area contributed by atoms with Crippen molar-refractivity contribution in [2.24, 2.45) is 5.92 Å². The summed E-state index contributed by atoms with van der Waals surface area (Å²) in [5.41, 5.74) is 11.1. The van der Waals surface area contributed by atoms with Gasteiger partial charge in [0.15, 0.2) is 0 Å². The fraction of sp³-hybridized carbons (Fsp3) is 0.600. The van der Waals surface area contributed by atoms with Crippen LogP contribution in [0.5, 0.6) is 0 Å². The molecule has 0 amide bonds. The number of nitrogens with two attached hydrogens (primary N) is 2. The van der Waals surface area contributed by atoms with E-state index in [-0.39, 0.29) is 5.95 Å². The zero-order chi connectivity index (χ0) is 11.4. The summed E-state index contributed by atoms with van der Waals surface area (Å²) in [7, 11) is 0. The lowest BCUT2D eigenvalue weighted by Crippen LogP contribution is -2.20. The maximum atomic E-state index is 5.59. The van der Waals surface area contributed by atoms with Crippen molar-refractivity contribution >= 4 is 29.3 Å². The molecular formula is C10H17N5S. The van der Waals surface area contributed by atoms with Gasteiger partial charge in [-0.1, -0.05) is 0 Å². The smallest absolute Gasteiger partial charge is 0.223 e. The standard InChI is InChI=1S/C10H17N5S/c11-8-5-9(15-10(12)14-8)13-6-7-1-3-16-4-2-7/h5,7H,1-4,6H2,(H5,11,12,13,14,15). The van der Waals surface area contributed by atoms with Gasteiger partial charge in [0.1, 0.15) is 11.6 Å². The molecule has 0 aliphatic carbocycles. The van der Waals surface area contributed by atoms with Gasteiger partial charge in [0, 0.05) is 12.6 Å². The average molecular weight is 239 g/mol. The van der Waals surface area contributed by atoms with E-state index in [0.29, 0.717) is 5.82 Å². The van der Waals surface area contributed by atoms with E-state index in [1.165, 1.54) is 24.3 Å². The Hall–Kier alpha value is -1.17. The highest BCUT2D eigenvalue weighted by atomic mass is 32.2. The largest absolute Gasteiger partial charge is 0.383 e. The van der Waals surface area contributed by atoms with Crippen molar-refractivity contribution in [3.63, 3.8) is 0 Å². The third kappa shape index (κ3) is 3.16. The fourth-order valence-corrected chi connectivity index (χ4v) is 2.98. The third-order valence-corrected chi connectivity index (χ3v) is 3.72. The summed E-state index contributed by atoms with van der Waals surface area (Å²) in [6.45, 7) is 0.941. The maximum absolute atomic E-state index is 5.59. The van der Waals surface area contributed by atoms with Crippen molar-refractivity contribution in [2.75, 3.05) is 34.8 Å². The number of nitrogens with one attached hydrogen (secondary N) is 1. The van der Waals surface area contributed by atoms with Gasteiger partial charge in [-0.3, -0.25) is 0 Å². The van der Waals surface area contributed by atoms with Gasteiger partial charge in [-0.25, -0.2) is 0 Å². The normalized spacial score (nSPS) is 17.2. The molecular weight excluding hydrogens is 222 g/mol. The fourth-order valence-electron chi connectivity index (χ4n) is 1.78. The molecule has 2 rings (SSSR count). The first kappa shape index (κ1) is 11.3. The summed E-state index contributed by atoms with van der Waals surface area (Å²) >= 11 is 2.03. The third-order valence-electron chi connectivity index (χ3n) is 2.68. The second-order valence-corrected chi connectivity index (χ2v) is 5.20. The van der Waals surface area contributed by atoms with Crippen molar-refractivity contribution in [3.8, 4) is 0 Å². The highest BCUT2D eigenvalue weighted by Crippen LogP contribution is 2.23. The molecule has 2 heterocycles. The van der Waals surface area contributed by atoms with E-state index >= 15 is 0 Å². The van der Waals surface area contributed by atoms with Gasteiger partial charge >= 0.3 is 0 Å². The Balaban J connectivity index is 1.88. The predicted molar refractivity (Wildman–Crippen MR) is 69.4 cm³/mol. The predicted octanol–water partition coefficient (Wildman–Crippen LogP) is 1.20. The minimum atomic E-state index is 0.224. The van der Waals surface area contributed by atoms with E-state index in [9.17, 15) is 0 Å². The number of aromatic nitrogens is 2. The summed E-state index contributed by atoms with van der Waals surface area (Å²) in [4.78, 5) is 7.92. The number of thioether (sulfide) groups is 1. The number of anilines is 3. The van der Waals surface area contributed by atoms with Crippen LogP contribution in [0.2, 0.25) is 0 Å². The highest BCUT2D eigenvalue weighted by Gasteiger charge is 2.13. The SMILES string of the molecule is Nc1cc(NCC2CCSCC2)nc(N)n1. The molecule has 0 atom stereocenters. The van der Waals surface area contributed by atoms with Crippen molar-refractivity contribution in [2.45, 2.75) is 12.8 Å². The van der Waals surface area contributed by atoms with Gasteiger partial charge in [-0.15, -0.1) is 0 Å². The van der Waals surface area contributed by atoms with Crippen molar-refractivity contribution < 1.29 is 0 Å². The molecule has 0 bridgehead atoms. The van der Waals surface area contributed by atoms with E-state index in [2.05, 4.69) is 15.3 Å². The first-order valence-corrected chi connectivity index (χ1v) is 6.61. The van der Waals surface area contributed by atoms with Crippen molar-refractivity contribution in [1.82, 2.24) is 9.97 Å². The molecule has 0 saturated carbocycles. The monoisotopic (exact) mass is 239 g/mol. The molecule has 5 nitrogen and oxygen atoms in total. The van der Waals surface area contributed by atoms with Crippen LogP contribution in [0, 0.1) is 5.92 Å². The number of rotatable bonds is 3. The second-order valence-electron chi connectivity index (χ2n) is 3.97. The Kier molecular flexibility index (Phi) is 3.71. The molecule has 0 unspecified atom stereocenters. The van der Waals surface area contributed by atoms with Crippen LogP contribution in [-0.4, -0.2) is 28.0 Å². The average Bonchev–Trinajstić information content (AvgIpc) is 2.27. The van der Waals surface area contributed by atoms with Crippen LogP contribution in [0.1, 0.15) is 12.8 Å². The van der Waals surface area contributed by atoms with Gasteiger partial charge in [0.05, 0.1) is 0 Å². The number of nitrogens with zero attached hydrogens (tertiary/aromatic N) is 2. The molecule has 1 saturated heterocycles. The Morgan fingerprint density at radius 3 is 2.75 bits per heavy atom. The van der Waals surface area contributed by atoms with Gasteiger partial charge in [0.2, 0.25) is 5.95 Å². The number of hydrogen-bond donors (Lipinski definition) is 3. The summed E-state index contributed by atoms with van der Waals surface area (Å²) in [5, 5.41) is 3.28. The minimum absolute atomic E-state index is 0.224. The Labute approximate surface area is 99.4 Å². The molecule has 88 valence electrons. The number of hydrogen-bond acceptors (Lipinski definition) is 6. The van der Waals surface area contributed by atoms with E-state index in [4.69, 9.17) is 11.5 Å². The van der Waals surface area contributed by atoms with Crippen LogP contribution in [0.25, 0.3) is 0 Å². The minimum Gasteiger partial charge on any atom is -0.383 e. The van der Waals surface area contributed by atoms with Gasteiger partial charge in [-0.05, 0) is 30.3 Å². The summed E-state index contributed by atoms with van der Waals surface area (Å²) < 4.78 is 0. The quantitative estimate of drug-likeness (QED) is 0.734. The first-order chi connectivity index (χ1) is 7.74. The van der Waals surface area contributed by atoms with Crippen LogP contribution in [0.15, 0.2) is 6.07 Å². The number of nitrogen functional groups attached to an aromatic ring is 2. The van der Waals surface area contributed by atoms with E-state index in [1.54, 1.807) is 6.07 Å². The van der Waals surface area contributed by atoms with Crippen LogP contribution in [0.4, 0.5) is 17.6 Å². The van der Waals surface area contributed by atoms with Crippen molar-refractivity contribution in [1.29, 1.82) is 0 Å². The van der Waals surface area contributed by atoms with Crippen LogP contribution in [0.3, 0.4) is 0 Å². The van der Waals surface area contributed by atoms with E-state index < -0.39 is 0 Å². The zero-order valence-corrected chi connectivity index (χ0v) is 9.96. The Morgan fingerprint density at radius 2 is 2.06 bits per heavy atom. The lowest BCUT2D eigenvalue weighted by Gasteiger charge is -2.21. The second kappa shape index (κ2) is 5.25. The van der Waals surface area contributed by atoms with E-state index in [1.807, 2.05) is 11.8 Å². The lowest BCUT2D eigenvalue weighted by atomic mass is 10.0. The van der Waals surface area contributed by atoms with Gasteiger partial charge in [-0.2, -0.15) is 21.7 Å². The molecule has 0 spiro atoms. The van der Waals surface area contributed by atoms with Gasteiger partial charge in [0.25, 0.3) is 0 Å². The molecule has 1 aromatic rings. The van der Waals surface area contributed by atoms with Crippen LogP contribution >= 0.6 is 11.8 Å². The molecule has 5 N–H and O–H groups in total. The summed E-state index contributed by atoms with van der Waals surface area (Å²) in [6, 6.07) is 1.72. The molecule has 16 heavy (non-hydrogen) atoms. The molecule has 1 aromatic heterocycles. The molecule has 1 aliphatic heterocycles.